The van der Waals surface area contributed by atoms with Crippen molar-refractivity contribution in [2.24, 2.45) is 0 Å². The number of pyridine rings is 1. The first-order valence-corrected chi connectivity index (χ1v) is 9.65. The molecule has 1 aliphatic rings. The van der Waals surface area contributed by atoms with Crippen LogP contribution in [0.25, 0.3) is 11.1 Å². The Kier molecular flexibility index (Phi) is 5.53. The molecule has 0 saturated heterocycles. The Morgan fingerprint density at radius 3 is 2.47 bits per heavy atom. The standard InChI is InChI=1S/C24H21N3O3/c25-23-22(28)13-16(14-27-23)7-5-6-12-26-24(29)30-15-21-19-10-3-1-8-17(19)18-9-2-4-11-20(18)21/h1-4,8-11,13-14,21,28H,6,12,15H2,(H2,25,27)(H,26,29). The third-order valence-electron chi connectivity index (χ3n) is 4.99. The van der Waals surface area contributed by atoms with Gasteiger partial charge in [-0.05, 0) is 22.3 Å². The van der Waals surface area contributed by atoms with Crippen LogP contribution in [0, 0.1) is 11.8 Å². The van der Waals surface area contributed by atoms with Gasteiger partial charge >= 0.3 is 6.09 Å². The van der Waals surface area contributed by atoms with E-state index in [1.165, 1.54) is 34.5 Å². The number of aromatic nitrogens is 1. The van der Waals surface area contributed by atoms with Crippen molar-refractivity contribution in [3.63, 3.8) is 0 Å². The number of nitrogens with two attached hydrogens (primary N) is 1. The van der Waals surface area contributed by atoms with E-state index < -0.39 is 6.09 Å². The maximum atomic E-state index is 12.1. The highest BCUT2D eigenvalue weighted by Gasteiger charge is 2.28. The highest BCUT2D eigenvalue weighted by Crippen LogP contribution is 2.44. The number of hydrogen-bond acceptors (Lipinski definition) is 5. The first-order chi connectivity index (χ1) is 14.6. The number of nitrogens with one attached hydrogen (secondary N) is 1. The number of carbonyl (C=O) groups is 1. The van der Waals surface area contributed by atoms with Gasteiger partial charge in [0.2, 0.25) is 0 Å². The van der Waals surface area contributed by atoms with E-state index in [2.05, 4.69) is 46.4 Å². The summed E-state index contributed by atoms with van der Waals surface area (Å²) >= 11 is 0. The minimum atomic E-state index is -0.467. The smallest absolute Gasteiger partial charge is 0.407 e. The number of ether oxygens (including phenoxy) is 1. The predicted molar refractivity (Wildman–Crippen MR) is 115 cm³/mol. The molecule has 0 unspecified atom stereocenters. The van der Waals surface area contributed by atoms with E-state index in [1.54, 1.807) is 0 Å². The normalized spacial score (nSPS) is 11.7. The van der Waals surface area contributed by atoms with Gasteiger partial charge in [0.25, 0.3) is 0 Å². The van der Waals surface area contributed by atoms with Crippen LogP contribution in [0.5, 0.6) is 5.75 Å². The summed E-state index contributed by atoms with van der Waals surface area (Å²) in [6.45, 7) is 0.639. The van der Waals surface area contributed by atoms with Gasteiger partial charge in [0.1, 0.15) is 6.61 Å². The van der Waals surface area contributed by atoms with Gasteiger partial charge in [-0.15, -0.1) is 0 Å². The number of carbonyl (C=O) groups excluding carboxylic acids is 1. The lowest BCUT2D eigenvalue weighted by Crippen LogP contribution is -2.26. The van der Waals surface area contributed by atoms with Crippen LogP contribution >= 0.6 is 0 Å². The van der Waals surface area contributed by atoms with Gasteiger partial charge in [0, 0.05) is 36.7 Å². The second-order valence-corrected chi connectivity index (χ2v) is 6.93. The monoisotopic (exact) mass is 399 g/mol. The van der Waals surface area contributed by atoms with E-state index in [-0.39, 0.29) is 24.1 Å². The van der Waals surface area contributed by atoms with Crippen molar-refractivity contribution in [2.45, 2.75) is 12.3 Å². The van der Waals surface area contributed by atoms with Gasteiger partial charge in [-0.3, -0.25) is 0 Å². The Morgan fingerprint density at radius 2 is 1.80 bits per heavy atom. The molecule has 4 N–H and O–H groups in total. The molecule has 0 aliphatic heterocycles. The number of nitrogen functional groups attached to an aromatic ring is 1. The topological polar surface area (TPSA) is 97.5 Å². The van der Waals surface area contributed by atoms with E-state index in [1.807, 2.05) is 24.3 Å². The largest absolute Gasteiger partial charge is 0.504 e. The van der Waals surface area contributed by atoms with Crippen LogP contribution in [0.1, 0.15) is 29.0 Å². The van der Waals surface area contributed by atoms with Gasteiger partial charge in [-0.25, -0.2) is 9.78 Å². The molecule has 3 aromatic rings. The second-order valence-electron chi connectivity index (χ2n) is 6.93. The highest BCUT2D eigenvalue weighted by molar-refractivity contribution is 5.79. The number of alkyl carbamates (subject to hydrolysis) is 1. The molecule has 150 valence electrons. The average Bonchev–Trinajstić information content (AvgIpc) is 3.08. The van der Waals surface area contributed by atoms with Gasteiger partial charge in [0.15, 0.2) is 11.6 Å². The summed E-state index contributed by atoms with van der Waals surface area (Å²) in [5.41, 5.74) is 10.8. The molecule has 4 rings (SSSR count). The van der Waals surface area contributed by atoms with Crippen LogP contribution in [0.3, 0.4) is 0 Å². The predicted octanol–water partition coefficient (Wildman–Crippen LogP) is 3.65. The molecule has 0 bridgehead atoms. The fourth-order valence-electron chi connectivity index (χ4n) is 3.57. The average molecular weight is 399 g/mol. The molecule has 1 heterocycles. The molecule has 0 saturated carbocycles. The second kappa shape index (κ2) is 8.58. The van der Waals surface area contributed by atoms with Gasteiger partial charge in [-0.1, -0.05) is 60.4 Å². The lowest BCUT2D eigenvalue weighted by atomic mass is 9.98. The fourth-order valence-corrected chi connectivity index (χ4v) is 3.57. The zero-order valence-corrected chi connectivity index (χ0v) is 16.3. The number of aromatic hydroxyl groups is 1. The van der Waals surface area contributed by atoms with Crippen LogP contribution in [0.15, 0.2) is 60.8 Å². The van der Waals surface area contributed by atoms with Crippen molar-refractivity contribution in [1.82, 2.24) is 10.3 Å². The molecule has 1 amide bonds. The number of nitrogens with zero attached hydrogens (tertiary/aromatic N) is 1. The lowest BCUT2D eigenvalue weighted by Gasteiger charge is -2.14. The van der Waals surface area contributed by atoms with E-state index >= 15 is 0 Å². The molecular weight excluding hydrogens is 378 g/mol. The van der Waals surface area contributed by atoms with Crippen LogP contribution < -0.4 is 11.1 Å². The Morgan fingerprint density at radius 1 is 1.13 bits per heavy atom. The molecule has 6 nitrogen and oxygen atoms in total. The maximum absolute atomic E-state index is 12.1. The van der Waals surface area contributed by atoms with E-state index in [0.29, 0.717) is 18.5 Å². The number of benzene rings is 2. The molecule has 0 radical (unpaired) electrons. The van der Waals surface area contributed by atoms with Crippen molar-refractivity contribution in [3.05, 3.63) is 77.5 Å². The van der Waals surface area contributed by atoms with Gasteiger partial charge in [-0.2, -0.15) is 0 Å². The van der Waals surface area contributed by atoms with Crippen molar-refractivity contribution in [1.29, 1.82) is 0 Å². The minimum Gasteiger partial charge on any atom is -0.504 e. The maximum Gasteiger partial charge on any atom is 0.407 e. The minimum absolute atomic E-state index is 0.0358. The number of rotatable bonds is 4. The molecule has 0 fully saturated rings. The summed E-state index contributed by atoms with van der Waals surface area (Å²) in [7, 11) is 0. The summed E-state index contributed by atoms with van der Waals surface area (Å²) in [5, 5.41) is 12.2. The Labute approximate surface area is 174 Å². The molecule has 0 spiro atoms. The van der Waals surface area contributed by atoms with Crippen molar-refractivity contribution < 1.29 is 14.6 Å². The van der Waals surface area contributed by atoms with E-state index in [9.17, 15) is 9.90 Å². The van der Waals surface area contributed by atoms with E-state index in [4.69, 9.17) is 10.5 Å². The fraction of sp³-hybridized carbons (Fsp3) is 0.167. The number of amides is 1. The number of hydrogen-bond donors (Lipinski definition) is 3. The summed E-state index contributed by atoms with van der Waals surface area (Å²) < 4.78 is 5.48. The molecule has 30 heavy (non-hydrogen) atoms. The Balaban J connectivity index is 1.29. The van der Waals surface area contributed by atoms with Crippen LogP contribution in [-0.4, -0.2) is 29.3 Å². The molecule has 6 heteroatoms. The summed E-state index contributed by atoms with van der Waals surface area (Å²) in [5.74, 6) is 5.78. The molecular formula is C24H21N3O3. The van der Waals surface area contributed by atoms with Crippen LogP contribution in [0.2, 0.25) is 0 Å². The Hall–Kier alpha value is -3.98. The van der Waals surface area contributed by atoms with Crippen LogP contribution in [-0.2, 0) is 4.74 Å². The van der Waals surface area contributed by atoms with Gasteiger partial charge < -0.3 is 20.9 Å². The third-order valence-corrected chi connectivity index (χ3v) is 4.99. The van der Waals surface area contributed by atoms with Crippen LogP contribution in [0.4, 0.5) is 10.6 Å². The lowest BCUT2D eigenvalue weighted by molar-refractivity contribution is 0.143. The Bertz CT molecular complexity index is 1100. The molecule has 1 aliphatic carbocycles. The highest BCUT2D eigenvalue weighted by atomic mass is 16.5. The number of anilines is 1. The number of fused-ring (bicyclic) bond motifs is 3. The summed E-state index contributed by atoms with van der Waals surface area (Å²) in [6.07, 6.45) is 1.46. The van der Waals surface area contributed by atoms with Crippen molar-refractivity contribution in [3.8, 4) is 28.7 Å². The summed E-state index contributed by atoms with van der Waals surface area (Å²) in [4.78, 5) is 15.9. The summed E-state index contributed by atoms with van der Waals surface area (Å²) in [6, 6.07) is 17.9. The van der Waals surface area contributed by atoms with Crippen molar-refractivity contribution in [2.75, 3.05) is 18.9 Å². The first kappa shape index (κ1) is 19.3. The first-order valence-electron chi connectivity index (χ1n) is 9.65. The van der Waals surface area contributed by atoms with E-state index in [0.717, 1.165) is 0 Å². The molecule has 2 aromatic carbocycles. The van der Waals surface area contributed by atoms with Gasteiger partial charge in [0.05, 0.1) is 0 Å². The zero-order chi connectivity index (χ0) is 20.9. The molecule has 0 atom stereocenters. The SMILES string of the molecule is Nc1ncc(C#CCCNC(=O)OCC2c3ccccc3-c3ccccc32)cc1O. The quantitative estimate of drug-likeness (QED) is 0.460. The zero-order valence-electron chi connectivity index (χ0n) is 16.3. The third kappa shape index (κ3) is 4.06. The van der Waals surface area contributed by atoms with Crippen molar-refractivity contribution >= 4 is 11.9 Å². The molecule has 1 aromatic heterocycles.